The van der Waals surface area contributed by atoms with Crippen molar-refractivity contribution < 1.29 is 5.11 Å². The molecule has 1 nitrogen and oxygen atoms in total. The van der Waals surface area contributed by atoms with E-state index in [2.05, 4.69) is 48.5 Å². The van der Waals surface area contributed by atoms with Crippen LogP contribution >= 0.6 is 0 Å². The molecule has 31 heavy (non-hydrogen) atoms. The van der Waals surface area contributed by atoms with Crippen LogP contribution in [0.15, 0.2) is 0 Å². The van der Waals surface area contributed by atoms with Gasteiger partial charge in [-0.1, -0.05) is 41.5 Å². The summed E-state index contributed by atoms with van der Waals surface area (Å²) in [5.41, 5.74) is 0.217. The SMILES string of the molecule is CC(C)CC1CC1[C@@H](C)[C@H]1CC[C@H]2[C@@H]3CC[C@H]4CCC(C)C(C)(O)[C@]4(C)[C@H]3CC[C@]12C. The van der Waals surface area contributed by atoms with Gasteiger partial charge in [-0.05, 0) is 136 Å². The van der Waals surface area contributed by atoms with Crippen molar-refractivity contribution in [3.05, 3.63) is 0 Å². The molecule has 0 heterocycles. The van der Waals surface area contributed by atoms with Gasteiger partial charge in [0.2, 0.25) is 0 Å². The normalized spacial score (nSPS) is 57.2. The molecule has 0 radical (unpaired) electrons. The molecule has 1 heteroatoms. The average Bonchev–Trinajstić information content (AvgIpc) is 3.36. The highest BCUT2D eigenvalue weighted by Crippen LogP contribution is 2.71. The van der Waals surface area contributed by atoms with Crippen LogP contribution in [0.3, 0.4) is 0 Å². The van der Waals surface area contributed by atoms with E-state index in [1.54, 1.807) is 0 Å². The van der Waals surface area contributed by atoms with Gasteiger partial charge in [0.15, 0.2) is 0 Å². The summed E-state index contributed by atoms with van der Waals surface area (Å²) in [4.78, 5) is 0. The topological polar surface area (TPSA) is 20.2 Å². The van der Waals surface area contributed by atoms with Gasteiger partial charge in [-0.3, -0.25) is 0 Å². The summed E-state index contributed by atoms with van der Waals surface area (Å²) < 4.78 is 0. The van der Waals surface area contributed by atoms with Crippen LogP contribution in [-0.4, -0.2) is 10.7 Å². The molecular formula is C30H52O. The minimum Gasteiger partial charge on any atom is -0.389 e. The van der Waals surface area contributed by atoms with E-state index >= 15 is 0 Å². The third kappa shape index (κ3) is 3.17. The van der Waals surface area contributed by atoms with Crippen molar-refractivity contribution in [3.63, 3.8) is 0 Å². The first-order chi connectivity index (χ1) is 14.5. The van der Waals surface area contributed by atoms with E-state index < -0.39 is 5.60 Å². The maximum Gasteiger partial charge on any atom is 0.0703 e. The highest BCUT2D eigenvalue weighted by Gasteiger charge is 2.66. The molecule has 0 spiro atoms. The van der Waals surface area contributed by atoms with Crippen LogP contribution in [0.5, 0.6) is 0 Å². The van der Waals surface area contributed by atoms with Gasteiger partial charge in [0.1, 0.15) is 0 Å². The zero-order valence-corrected chi connectivity index (χ0v) is 21.8. The molecule has 0 aromatic heterocycles. The standard InChI is InChI=1S/C30H52O/c1-18(2)16-21-17-24(21)20(4)25-12-13-26-23-11-10-22-9-8-19(3)30(7,31)29(22,6)27(23)14-15-28(25,26)5/h18-27,31H,8-17H2,1-7H3/t19?,20-,21?,22-,23+,24?,25-,26+,27+,28-,29+,30?/m1/s1. The Balaban J connectivity index is 1.36. The van der Waals surface area contributed by atoms with Crippen LogP contribution < -0.4 is 0 Å². The van der Waals surface area contributed by atoms with Gasteiger partial charge >= 0.3 is 0 Å². The molecule has 1 N–H and O–H groups in total. The van der Waals surface area contributed by atoms with Crippen molar-refractivity contribution in [2.24, 2.45) is 70.0 Å². The second kappa shape index (κ2) is 7.48. The zero-order chi connectivity index (χ0) is 22.3. The molecular weight excluding hydrogens is 376 g/mol. The lowest BCUT2D eigenvalue weighted by Crippen LogP contribution is -2.64. The highest BCUT2D eigenvalue weighted by molar-refractivity contribution is 5.15. The predicted octanol–water partition coefficient (Wildman–Crippen LogP) is 7.96. The lowest BCUT2D eigenvalue weighted by atomic mass is 9.40. The van der Waals surface area contributed by atoms with Crippen molar-refractivity contribution in [1.82, 2.24) is 0 Å². The van der Waals surface area contributed by atoms with E-state index in [0.29, 0.717) is 11.3 Å². The largest absolute Gasteiger partial charge is 0.389 e. The fourth-order valence-electron chi connectivity index (χ4n) is 10.9. The minimum atomic E-state index is -0.490. The molecule has 5 saturated carbocycles. The van der Waals surface area contributed by atoms with E-state index in [-0.39, 0.29) is 5.41 Å². The molecule has 5 fully saturated rings. The quantitative estimate of drug-likeness (QED) is 0.481. The maximum absolute atomic E-state index is 11.9. The van der Waals surface area contributed by atoms with Crippen LogP contribution in [0.1, 0.15) is 113 Å². The van der Waals surface area contributed by atoms with E-state index in [0.717, 1.165) is 53.3 Å². The van der Waals surface area contributed by atoms with E-state index in [4.69, 9.17) is 0 Å². The molecule has 4 unspecified atom stereocenters. The summed E-state index contributed by atoms with van der Waals surface area (Å²) in [6.07, 6.45) is 14.2. The van der Waals surface area contributed by atoms with E-state index in [9.17, 15) is 5.11 Å². The van der Waals surface area contributed by atoms with Crippen molar-refractivity contribution in [1.29, 1.82) is 0 Å². The molecule has 5 rings (SSSR count). The van der Waals surface area contributed by atoms with Gasteiger partial charge in [-0.25, -0.2) is 0 Å². The Labute approximate surface area is 193 Å². The lowest BCUT2D eigenvalue weighted by Gasteiger charge is -2.66. The molecule has 178 valence electrons. The first-order valence-electron chi connectivity index (χ1n) is 14.2. The minimum absolute atomic E-state index is 0.136. The third-order valence-electron chi connectivity index (χ3n) is 13.0. The van der Waals surface area contributed by atoms with Crippen LogP contribution in [0.2, 0.25) is 0 Å². The Hall–Kier alpha value is -0.0400. The average molecular weight is 429 g/mol. The molecule has 0 bridgehead atoms. The summed E-state index contributed by atoms with van der Waals surface area (Å²) in [5, 5.41) is 11.9. The summed E-state index contributed by atoms with van der Waals surface area (Å²) in [5.74, 6) is 8.56. The summed E-state index contributed by atoms with van der Waals surface area (Å²) in [6, 6.07) is 0. The Bertz CT molecular complexity index is 680. The van der Waals surface area contributed by atoms with Crippen molar-refractivity contribution in [2.45, 2.75) is 118 Å². The van der Waals surface area contributed by atoms with Gasteiger partial charge in [0.05, 0.1) is 5.60 Å². The third-order valence-corrected chi connectivity index (χ3v) is 13.0. The second-order valence-electron chi connectivity index (χ2n) is 14.4. The number of hydrogen-bond acceptors (Lipinski definition) is 1. The van der Waals surface area contributed by atoms with E-state index in [1.807, 2.05) is 0 Å². The monoisotopic (exact) mass is 428 g/mol. The predicted molar refractivity (Wildman–Crippen MR) is 131 cm³/mol. The first kappa shape index (κ1) is 22.7. The Kier molecular flexibility index (Phi) is 5.49. The zero-order valence-electron chi connectivity index (χ0n) is 21.8. The number of fused-ring (bicyclic) bond motifs is 5. The van der Waals surface area contributed by atoms with Gasteiger partial charge in [-0.2, -0.15) is 0 Å². The molecule has 12 atom stereocenters. The molecule has 0 amide bonds. The number of aliphatic hydroxyl groups is 1. The molecule has 5 aliphatic carbocycles. The fourth-order valence-corrected chi connectivity index (χ4v) is 10.9. The van der Waals surface area contributed by atoms with Crippen molar-refractivity contribution in [2.75, 3.05) is 0 Å². The van der Waals surface area contributed by atoms with Crippen LogP contribution in [0.4, 0.5) is 0 Å². The fraction of sp³-hybridized carbons (Fsp3) is 1.00. The highest BCUT2D eigenvalue weighted by atomic mass is 16.3. The first-order valence-corrected chi connectivity index (χ1v) is 14.2. The molecule has 0 aliphatic heterocycles. The van der Waals surface area contributed by atoms with Crippen LogP contribution in [0, 0.1) is 70.0 Å². The molecule has 5 aliphatic rings. The number of hydrogen-bond donors (Lipinski definition) is 1. The Morgan fingerprint density at radius 3 is 2.29 bits per heavy atom. The second-order valence-corrected chi connectivity index (χ2v) is 14.4. The van der Waals surface area contributed by atoms with Gasteiger partial charge in [-0.15, -0.1) is 0 Å². The van der Waals surface area contributed by atoms with Crippen LogP contribution in [0.25, 0.3) is 0 Å². The Morgan fingerprint density at radius 1 is 0.871 bits per heavy atom. The van der Waals surface area contributed by atoms with Crippen molar-refractivity contribution in [3.8, 4) is 0 Å². The molecule has 0 aromatic rings. The smallest absolute Gasteiger partial charge is 0.0703 e. The molecule has 0 aromatic carbocycles. The van der Waals surface area contributed by atoms with Crippen molar-refractivity contribution >= 4 is 0 Å². The van der Waals surface area contributed by atoms with Gasteiger partial charge in [0, 0.05) is 5.41 Å². The summed E-state index contributed by atoms with van der Waals surface area (Å²) in [7, 11) is 0. The summed E-state index contributed by atoms with van der Waals surface area (Å²) in [6.45, 7) is 17.3. The molecule has 0 saturated heterocycles. The number of rotatable bonds is 4. The Morgan fingerprint density at radius 2 is 1.58 bits per heavy atom. The van der Waals surface area contributed by atoms with Gasteiger partial charge in [0.25, 0.3) is 0 Å². The maximum atomic E-state index is 11.9. The van der Waals surface area contributed by atoms with Crippen LogP contribution in [-0.2, 0) is 0 Å². The van der Waals surface area contributed by atoms with Gasteiger partial charge < -0.3 is 5.11 Å². The summed E-state index contributed by atoms with van der Waals surface area (Å²) >= 11 is 0. The lowest BCUT2D eigenvalue weighted by molar-refractivity contribution is -0.229. The van der Waals surface area contributed by atoms with E-state index in [1.165, 1.54) is 64.2 Å².